The number of benzene rings is 5. The third-order valence-corrected chi connectivity index (χ3v) is 10.4. The number of hydrogen-bond donors (Lipinski definition) is 3. The molecule has 0 saturated carbocycles. The van der Waals surface area contributed by atoms with E-state index in [1.54, 1.807) is 24.3 Å². The Kier molecular flexibility index (Phi) is 11.1. The van der Waals surface area contributed by atoms with Gasteiger partial charge in [0, 0.05) is 11.3 Å². The van der Waals surface area contributed by atoms with Crippen LogP contribution in [0, 0.1) is 10.2 Å². The van der Waals surface area contributed by atoms with E-state index in [4.69, 9.17) is 18.6 Å². The molecule has 0 atom stereocenters. The fraction of sp³-hybridized carbons (Fsp3) is 0. The molecular formula is C34H29ClN2O6P+. The molecule has 0 aliphatic heterocycles. The zero-order valence-corrected chi connectivity index (χ0v) is 25.0. The van der Waals surface area contributed by atoms with Crippen LogP contribution in [0.4, 0.5) is 5.69 Å². The predicted octanol–water partition coefficient (Wildman–Crippen LogP) is 1.77. The Morgan fingerprint density at radius 3 is 1.32 bits per heavy atom. The van der Waals surface area contributed by atoms with Crippen molar-refractivity contribution in [2.75, 3.05) is 5.32 Å². The Balaban J connectivity index is 0.000000818. The molecule has 0 aliphatic carbocycles. The smallest absolute Gasteiger partial charge is 0.275 e. The Labute approximate surface area is 258 Å². The summed E-state index contributed by atoms with van der Waals surface area (Å²) in [6.07, 6.45) is 0. The van der Waals surface area contributed by atoms with Gasteiger partial charge in [0.05, 0.1) is 14.9 Å². The molecule has 3 N–H and O–H groups in total. The van der Waals surface area contributed by atoms with Crippen LogP contribution in [0.25, 0.3) is 0 Å². The van der Waals surface area contributed by atoms with Gasteiger partial charge in [0.2, 0.25) is 0 Å². The molecule has 0 aromatic heterocycles. The van der Waals surface area contributed by atoms with Crippen LogP contribution in [0.5, 0.6) is 0 Å². The van der Waals surface area contributed by atoms with E-state index in [1.807, 2.05) is 96.8 Å². The highest BCUT2D eigenvalue weighted by molar-refractivity contribution is 7.98. The summed E-state index contributed by atoms with van der Waals surface area (Å²) >= 11 is 0. The molecule has 0 bridgehead atoms. The van der Waals surface area contributed by atoms with Crippen molar-refractivity contribution in [3.05, 3.63) is 169 Å². The number of rotatable bonds is 8. The summed E-state index contributed by atoms with van der Waals surface area (Å²) in [5.41, 5.74) is 1.31. The zero-order chi connectivity index (χ0) is 31.4. The molecule has 5 aromatic carbocycles. The van der Waals surface area contributed by atoms with Crippen molar-refractivity contribution < 1.29 is 38.5 Å². The van der Waals surface area contributed by atoms with Crippen molar-refractivity contribution in [2.24, 2.45) is 0 Å². The summed E-state index contributed by atoms with van der Waals surface area (Å²) in [6, 6.07) is 48.7. The van der Waals surface area contributed by atoms with Crippen molar-refractivity contribution in [3.63, 3.8) is 0 Å². The maximum atomic E-state index is 13.9. The largest absolute Gasteiger partial charge is 0.321 e. The minimum absolute atomic E-state index is 0.192. The summed E-state index contributed by atoms with van der Waals surface area (Å²) in [7, 11) is -7.25. The van der Waals surface area contributed by atoms with Gasteiger partial charge in [-0.15, -0.1) is 0 Å². The van der Waals surface area contributed by atoms with Crippen molar-refractivity contribution in [1.29, 1.82) is 0 Å². The fourth-order valence-corrected chi connectivity index (χ4v) is 8.34. The first kappa shape index (κ1) is 32.3. The number of carbonyl (C=O) groups excluding carboxylic acids is 2. The van der Waals surface area contributed by atoms with E-state index in [2.05, 4.69) is 47.0 Å². The van der Waals surface area contributed by atoms with E-state index >= 15 is 0 Å². The molecule has 0 saturated heterocycles. The number of para-hydroxylation sites is 1. The average Bonchev–Trinajstić information content (AvgIpc) is 3.04. The third kappa shape index (κ3) is 8.92. The normalized spacial score (nSPS) is 11.5. The minimum Gasteiger partial charge on any atom is -0.321 e. The van der Waals surface area contributed by atoms with E-state index in [9.17, 15) is 9.59 Å². The van der Waals surface area contributed by atoms with Crippen LogP contribution in [0.2, 0.25) is 0 Å². The Morgan fingerprint density at radius 2 is 0.932 bits per heavy atom. The van der Waals surface area contributed by atoms with Crippen molar-refractivity contribution in [3.8, 4) is 0 Å². The molecule has 222 valence electrons. The predicted molar refractivity (Wildman–Crippen MR) is 164 cm³/mol. The molecule has 10 heteroatoms. The molecule has 5 aromatic rings. The van der Waals surface area contributed by atoms with Crippen LogP contribution < -0.4 is 40.5 Å². The van der Waals surface area contributed by atoms with Crippen molar-refractivity contribution in [2.45, 2.75) is 0 Å². The van der Waals surface area contributed by atoms with Crippen LogP contribution in [-0.4, -0.2) is 16.5 Å². The molecule has 0 fully saturated rings. The van der Waals surface area contributed by atoms with E-state index in [-0.39, 0.29) is 11.6 Å². The second-order valence-corrected chi connectivity index (χ2v) is 13.4. The summed E-state index contributed by atoms with van der Waals surface area (Å²) in [5.74, 6) is 1.24. The first-order valence-corrected chi connectivity index (χ1v) is 16.4. The standard InChI is InChI=1S/C34H27N2O2P.ClHO4/c37-33(27-16-6-1-7-17-27)36-32(34(38)35-28-18-8-2-9-19-28)26-39(29-20-10-3-11-21-29,30-22-12-4-13-23-30)31-24-14-5-15-25-31;2-1(3,4)5/h1-26H,(H-,35,36,37,38);(H,2,3,4,5)/p+1. The van der Waals surface area contributed by atoms with Gasteiger partial charge < -0.3 is 10.6 Å². The zero-order valence-electron chi connectivity index (χ0n) is 23.3. The number of anilines is 1. The van der Waals surface area contributed by atoms with Gasteiger partial charge in [0.15, 0.2) is 0 Å². The van der Waals surface area contributed by atoms with Gasteiger partial charge >= 0.3 is 0 Å². The molecule has 0 radical (unpaired) electrons. The average molecular weight is 628 g/mol. The highest BCUT2D eigenvalue weighted by atomic mass is 35.7. The number of hydrogen-bond acceptors (Lipinski definition) is 6. The summed E-state index contributed by atoms with van der Waals surface area (Å²) in [5, 5.41) is 9.14. The summed E-state index contributed by atoms with van der Waals surface area (Å²) in [6.45, 7) is 0. The monoisotopic (exact) mass is 627 g/mol. The van der Waals surface area contributed by atoms with E-state index < -0.39 is 23.4 Å². The highest BCUT2D eigenvalue weighted by Gasteiger charge is 2.45. The van der Waals surface area contributed by atoms with Gasteiger partial charge in [-0.1, -0.05) is 91.0 Å². The van der Waals surface area contributed by atoms with E-state index in [0.717, 1.165) is 15.9 Å². The van der Waals surface area contributed by atoms with Crippen LogP contribution in [0.15, 0.2) is 163 Å². The second-order valence-electron chi connectivity index (χ2n) is 9.31. The van der Waals surface area contributed by atoms with Gasteiger partial charge in [-0.2, -0.15) is 14.0 Å². The lowest BCUT2D eigenvalue weighted by Crippen LogP contribution is -2.58. The fourth-order valence-electron chi connectivity index (χ4n) is 4.51. The quantitative estimate of drug-likeness (QED) is 0.176. The van der Waals surface area contributed by atoms with Crippen molar-refractivity contribution >= 4 is 40.7 Å². The lowest BCUT2D eigenvalue weighted by atomic mass is 10.2. The van der Waals surface area contributed by atoms with E-state index in [0.29, 0.717) is 11.3 Å². The van der Waals surface area contributed by atoms with Gasteiger partial charge in [-0.3, -0.25) is 9.59 Å². The highest BCUT2D eigenvalue weighted by Crippen LogP contribution is 2.57. The molecule has 0 unspecified atom stereocenters. The van der Waals surface area contributed by atoms with Crippen LogP contribution in [-0.2, 0) is 4.79 Å². The lowest BCUT2D eigenvalue weighted by molar-refractivity contribution is -1.92. The van der Waals surface area contributed by atoms with Gasteiger partial charge in [-0.25, -0.2) is 0 Å². The third-order valence-electron chi connectivity index (χ3n) is 6.37. The van der Waals surface area contributed by atoms with Gasteiger partial charge in [0.25, 0.3) is 11.8 Å². The summed E-state index contributed by atoms with van der Waals surface area (Å²) < 4.78 is 32.7. The molecule has 2 amide bonds. The van der Waals surface area contributed by atoms with Crippen molar-refractivity contribution in [1.82, 2.24) is 5.32 Å². The minimum atomic E-state index is -4.69. The first-order chi connectivity index (χ1) is 21.2. The molecule has 8 nitrogen and oxygen atoms in total. The Hall–Kier alpha value is -4.66. The summed E-state index contributed by atoms with van der Waals surface area (Å²) in [4.78, 5) is 27.3. The second kappa shape index (κ2) is 15.2. The number of nitrogens with one attached hydrogen (secondary N) is 2. The Bertz CT molecular complexity index is 1570. The number of halogens is 1. The van der Waals surface area contributed by atoms with Crippen LogP contribution in [0.3, 0.4) is 0 Å². The maximum Gasteiger partial charge on any atom is 0.275 e. The molecule has 0 spiro atoms. The van der Waals surface area contributed by atoms with E-state index in [1.165, 1.54) is 0 Å². The van der Waals surface area contributed by atoms with Crippen LogP contribution >= 0.6 is 7.26 Å². The SMILES string of the molecule is O=C(Nc1ccccc1)C(=C[P+](c1ccccc1)(c1ccccc1)c1ccccc1)NC(=O)c1ccccc1.[O-][Cl+3]([O-])([O-])O. The van der Waals surface area contributed by atoms with Crippen LogP contribution in [0.1, 0.15) is 10.4 Å². The van der Waals surface area contributed by atoms with Gasteiger partial charge in [0.1, 0.15) is 34.7 Å². The molecule has 0 heterocycles. The Morgan fingerprint density at radius 1 is 0.591 bits per heavy atom. The molecule has 44 heavy (non-hydrogen) atoms. The molecule has 5 rings (SSSR count). The van der Waals surface area contributed by atoms with Gasteiger partial charge in [-0.05, 0) is 60.7 Å². The molecular weight excluding hydrogens is 599 g/mol. The molecule has 0 aliphatic rings. The topological polar surface area (TPSA) is 148 Å². The first-order valence-electron chi connectivity index (χ1n) is 13.3. The number of carbonyl (C=O) groups is 2. The number of amides is 2. The maximum absolute atomic E-state index is 13.9. The lowest BCUT2D eigenvalue weighted by Gasteiger charge is -2.25.